The molecule has 0 amide bonds. The van der Waals surface area contributed by atoms with Crippen molar-refractivity contribution in [3.05, 3.63) is 0 Å². The predicted molar refractivity (Wildman–Crippen MR) is 62.7 cm³/mol. The standard InChI is InChI=1S/C14H24O/c1-11(15)12-7-9-14(10-8-12)13-5-3-2-4-6-13/h12-14H,2-10H2,1H3. The molecule has 0 atom stereocenters. The highest BCUT2D eigenvalue weighted by Crippen LogP contribution is 2.39. The molecule has 2 fully saturated rings. The first-order valence-corrected chi connectivity index (χ1v) is 6.78. The molecule has 1 nitrogen and oxygen atoms in total. The second-order valence-corrected chi connectivity index (χ2v) is 5.62. The topological polar surface area (TPSA) is 17.1 Å². The summed E-state index contributed by atoms with van der Waals surface area (Å²) < 4.78 is 0. The minimum atomic E-state index is 0.407. The quantitative estimate of drug-likeness (QED) is 0.671. The van der Waals surface area contributed by atoms with Crippen LogP contribution in [-0.2, 0) is 4.79 Å². The molecule has 0 aromatic carbocycles. The van der Waals surface area contributed by atoms with E-state index >= 15 is 0 Å². The van der Waals surface area contributed by atoms with Crippen LogP contribution < -0.4 is 0 Å². The van der Waals surface area contributed by atoms with Crippen LogP contribution >= 0.6 is 0 Å². The smallest absolute Gasteiger partial charge is 0.132 e. The van der Waals surface area contributed by atoms with Gasteiger partial charge in [0.2, 0.25) is 0 Å². The molecule has 2 rings (SSSR count). The summed E-state index contributed by atoms with van der Waals surface area (Å²) in [5, 5.41) is 0. The van der Waals surface area contributed by atoms with E-state index in [1.165, 1.54) is 57.8 Å². The van der Waals surface area contributed by atoms with Crippen molar-refractivity contribution in [3.8, 4) is 0 Å². The predicted octanol–water partition coefficient (Wildman–Crippen LogP) is 3.96. The summed E-state index contributed by atoms with van der Waals surface area (Å²) in [5.41, 5.74) is 0. The van der Waals surface area contributed by atoms with Crippen LogP contribution in [0.25, 0.3) is 0 Å². The lowest BCUT2D eigenvalue weighted by molar-refractivity contribution is -0.122. The lowest BCUT2D eigenvalue weighted by Crippen LogP contribution is -2.26. The summed E-state index contributed by atoms with van der Waals surface area (Å²) in [6.07, 6.45) is 12.3. The van der Waals surface area contributed by atoms with Crippen LogP contribution in [-0.4, -0.2) is 5.78 Å². The van der Waals surface area contributed by atoms with Crippen molar-refractivity contribution in [2.75, 3.05) is 0 Å². The van der Waals surface area contributed by atoms with Crippen molar-refractivity contribution in [2.24, 2.45) is 17.8 Å². The van der Waals surface area contributed by atoms with Gasteiger partial charge in [0.1, 0.15) is 5.78 Å². The van der Waals surface area contributed by atoms with Gasteiger partial charge in [0.05, 0.1) is 0 Å². The lowest BCUT2D eigenvalue weighted by atomic mass is 9.70. The van der Waals surface area contributed by atoms with E-state index in [9.17, 15) is 4.79 Å². The largest absolute Gasteiger partial charge is 0.300 e. The van der Waals surface area contributed by atoms with Gasteiger partial charge < -0.3 is 0 Å². The van der Waals surface area contributed by atoms with Gasteiger partial charge in [0, 0.05) is 5.92 Å². The zero-order valence-electron chi connectivity index (χ0n) is 10.0. The average molecular weight is 208 g/mol. The van der Waals surface area contributed by atoms with Crippen molar-refractivity contribution in [1.29, 1.82) is 0 Å². The Labute approximate surface area is 93.6 Å². The van der Waals surface area contributed by atoms with Crippen LogP contribution in [0, 0.1) is 17.8 Å². The fourth-order valence-electron chi connectivity index (χ4n) is 3.60. The molecule has 0 aliphatic heterocycles. The van der Waals surface area contributed by atoms with Crippen LogP contribution in [0.15, 0.2) is 0 Å². The summed E-state index contributed by atoms with van der Waals surface area (Å²) in [6, 6.07) is 0. The number of ketones is 1. The molecule has 0 saturated heterocycles. The highest BCUT2D eigenvalue weighted by Gasteiger charge is 2.29. The second kappa shape index (κ2) is 5.14. The molecule has 0 radical (unpaired) electrons. The lowest BCUT2D eigenvalue weighted by Gasteiger charge is -2.35. The number of carbonyl (C=O) groups excluding carboxylic acids is 1. The molecule has 1 heteroatoms. The second-order valence-electron chi connectivity index (χ2n) is 5.62. The monoisotopic (exact) mass is 208 g/mol. The fourth-order valence-corrected chi connectivity index (χ4v) is 3.60. The Kier molecular flexibility index (Phi) is 3.82. The first kappa shape index (κ1) is 11.2. The number of carbonyl (C=O) groups is 1. The molecule has 2 aliphatic carbocycles. The van der Waals surface area contributed by atoms with Gasteiger partial charge in [-0.25, -0.2) is 0 Å². The zero-order chi connectivity index (χ0) is 10.7. The summed E-state index contributed by atoms with van der Waals surface area (Å²) in [4.78, 5) is 11.3. The summed E-state index contributed by atoms with van der Waals surface area (Å²) in [5.74, 6) is 2.80. The molecule has 86 valence electrons. The third kappa shape index (κ3) is 2.83. The van der Waals surface area contributed by atoms with Gasteiger partial charge in [-0.15, -0.1) is 0 Å². The third-order valence-corrected chi connectivity index (χ3v) is 4.66. The van der Waals surface area contributed by atoms with E-state index in [1.54, 1.807) is 6.92 Å². The number of rotatable bonds is 2. The van der Waals surface area contributed by atoms with Gasteiger partial charge in [0.15, 0.2) is 0 Å². The molecule has 0 bridgehead atoms. The van der Waals surface area contributed by atoms with E-state index in [1.807, 2.05) is 0 Å². The van der Waals surface area contributed by atoms with Gasteiger partial charge in [-0.1, -0.05) is 32.1 Å². The van der Waals surface area contributed by atoms with Gasteiger partial charge >= 0.3 is 0 Å². The van der Waals surface area contributed by atoms with Gasteiger partial charge in [-0.3, -0.25) is 4.79 Å². The van der Waals surface area contributed by atoms with Gasteiger partial charge in [0.25, 0.3) is 0 Å². The maximum atomic E-state index is 11.3. The molecule has 2 saturated carbocycles. The van der Waals surface area contributed by atoms with E-state index < -0.39 is 0 Å². The van der Waals surface area contributed by atoms with E-state index in [-0.39, 0.29) is 0 Å². The van der Waals surface area contributed by atoms with Crippen LogP contribution in [0.3, 0.4) is 0 Å². The Hall–Kier alpha value is -0.330. The van der Waals surface area contributed by atoms with E-state index in [2.05, 4.69) is 0 Å². The van der Waals surface area contributed by atoms with Crippen LogP contribution in [0.1, 0.15) is 64.7 Å². The van der Waals surface area contributed by atoms with E-state index in [4.69, 9.17) is 0 Å². The van der Waals surface area contributed by atoms with Gasteiger partial charge in [-0.05, 0) is 44.4 Å². The first-order chi connectivity index (χ1) is 7.27. The van der Waals surface area contributed by atoms with Gasteiger partial charge in [-0.2, -0.15) is 0 Å². The molecule has 0 aromatic rings. The maximum Gasteiger partial charge on any atom is 0.132 e. The highest BCUT2D eigenvalue weighted by atomic mass is 16.1. The van der Waals surface area contributed by atoms with Crippen LogP contribution in [0.2, 0.25) is 0 Å². The number of hydrogen-bond acceptors (Lipinski definition) is 1. The van der Waals surface area contributed by atoms with E-state index in [0.717, 1.165) is 11.8 Å². The van der Waals surface area contributed by atoms with Crippen molar-refractivity contribution in [1.82, 2.24) is 0 Å². The first-order valence-electron chi connectivity index (χ1n) is 6.78. The summed E-state index contributed by atoms with van der Waals surface area (Å²) in [7, 11) is 0. The zero-order valence-corrected chi connectivity index (χ0v) is 10.0. The minimum Gasteiger partial charge on any atom is -0.300 e. The van der Waals surface area contributed by atoms with Crippen molar-refractivity contribution in [3.63, 3.8) is 0 Å². The highest BCUT2D eigenvalue weighted by molar-refractivity contribution is 5.78. The summed E-state index contributed by atoms with van der Waals surface area (Å²) >= 11 is 0. The molecule has 0 N–H and O–H groups in total. The molecule has 0 spiro atoms. The van der Waals surface area contributed by atoms with Crippen molar-refractivity contribution >= 4 is 5.78 Å². The Morgan fingerprint density at radius 2 is 1.33 bits per heavy atom. The Balaban J connectivity index is 1.79. The molecular weight excluding hydrogens is 184 g/mol. The molecule has 2 aliphatic rings. The molecule has 15 heavy (non-hydrogen) atoms. The Morgan fingerprint density at radius 1 is 0.800 bits per heavy atom. The SMILES string of the molecule is CC(=O)C1CCC(C2CCCCC2)CC1. The normalized spacial score (nSPS) is 33.9. The van der Waals surface area contributed by atoms with E-state index in [0.29, 0.717) is 11.7 Å². The molecular formula is C14H24O. The van der Waals surface area contributed by atoms with Crippen molar-refractivity contribution in [2.45, 2.75) is 64.7 Å². The Bertz CT molecular complexity index is 207. The third-order valence-electron chi connectivity index (χ3n) is 4.66. The fraction of sp³-hybridized carbons (Fsp3) is 0.929. The maximum absolute atomic E-state index is 11.3. The van der Waals surface area contributed by atoms with Crippen LogP contribution in [0.5, 0.6) is 0 Å². The average Bonchev–Trinajstić information content (AvgIpc) is 2.30. The summed E-state index contributed by atoms with van der Waals surface area (Å²) in [6.45, 7) is 1.77. The molecule has 0 unspecified atom stereocenters. The molecule has 0 aromatic heterocycles. The van der Waals surface area contributed by atoms with Crippen LogP contribution in [0.4, 0.5) is 0 Å². The Morgan fingerprint density at radius 3 is 1.87 bits per heavy atom. The van der Waals surface area contributed by atoms with Crippen molar-refractivity contribution < 1.29 is 4.79 Å². The number of Topliss-reactive ketones (excluding diaryl/α,β-unsaturated/α-hetero) is 1. The molecule has 0 heterocycles. The minimum absolute atomic E-state index is 0.407. The number of hydrogen-bond donors (Lipinski definition) is 0.